The smallest absolute Gasteiger partial charge is 0.116 e. The molecule has 0 bridgehead atoms. The first-order valence-electron chi connectivity index (χ1n) is 2.80. The fourth-order valence-electron chi connectivity index (χ4n) is 0.601. The Kier molecular flexibility index (Phi) is 1.19. The number of hydrogen-bond acceptors (Lipinski definition) is 3. The van der Waals surface area contributed by atoms with Crippen LogP contribution in [0.5, 0.6) is 0 Å². The predicted octanol–water partition coefficient (Wildman–Crippen LogP) is 0.580. The highest BCUT2D eigenvalue weighted by Crippen LogP contribution is 2.22. The van der Waals surface area contributed by atoms with Crippen LogP contribution < -0.4 is 5.43 Å². The zero-order valence-corrected chi connectivity index (χ0v) is 5.55. The van der Waals surface area contributed by atoms with E-state index in [2.05, 4.69) is 5.43 Å². The van der Waals surface area contributed by atoms with Crippen molar-refractivity contribution in [1.29, 1.82) is 5.26 Å². The van der Waals surface area contributed by atoms with Gasteiger partial charge in [-0.15, -0.1) is 0 Å². The molecule has 9 heavy (non-hydrogen) atoms. The lowest BCUT2D eigenvalue weighted by Crippen LogP contribution is -2.02. The number of nitrogens with zero attached hydrogens (tertiary/aromatic N) is 2. The number of hydrogen-bond donors (Lipinski definition) is 1. The molecule has 0 saturated carbocycles. The minimum Gasteiger partial charge on any atom is -0.292 e. The monoisotopic (exact) mass is 123 g/mol. The van der Waals surface area contributed by atoms with Crippen LogP contribution in [0.15, 0.2) is 12.3 Å². The van der Waals surface area contributed by atoms with Crippen LogP contribution in [0.1, 0.15) is 13.8 Å². The van der Waals surface area contributed by atoms with E-state index in [-0.39, 0.29) is 5.66 Å². The summed E-state index contributed by atoms with van der Waals surface area (Å²) in [6, 6.07) is 1.91. The van der Waals surface area contributed by atoms with Gasteiger partial charge in [0.05, 0.1) is 6.07 Å². The predicted molar refractivity (Wildman–Crippen MR) is 33.8 cm³/mol. The summed E-state index contributed by atoms with van der Waals surface area (Å²) < 4.78 is 0. The Balaban J connectivity index is 2.38. The lowest BCUT2D eigenvalue weighted by Gasteiger charge is -1.93. The molecule has 1 rings (SSSR count). The maximum Gasteiger partial charge on any atom is 0.116 e. The Hall–Kier alpha value is -1.01. The van der Waals surface area contributed by atoms with Crippen LogP contribution in [0, 0.1) is 11.3 Å². The molecule has 1 N–H and O–H groups in total. The van der Waals surface area contributed by atoms with Gasteiger partial charge in [-0.25, -0.2) is 5.43 Å². The second-order valence-corrected chi connectivity index (χ2v) is 2.49. The van der Waals surface area contributed by atoms with Crippen LogP contribution in [0.25, 0.3) is 0 Å². The summed E-state index contributed by atoms with van der Waals surface area (Å²) in [7, 11) is 0. The Morgan fingerprint density at radius 2 is 2.22 bits per heavy atom. The van der Waals surface area contributed by atoms with E-state index in [0.717, 1.165) is 0 Å². The van der Waals surface area contributed by atoms with Crippen molar-refractivity contribution in [3.63, 3.8) is 0 Å². The summed E-state index contributed by atoms with van der Waals surface area (Å²) in [6.45, 7) is 4.07. The summed E-state index contributed by atoms with van der Waals surface area (Å²) in [5.41, 5.74) is 3.10. The molecule has 0 atom stereocenters. The topological polar surface area (TPSA) is 48.7 Å². The Labute approximate surface area is 54.5 Å². The number of allylic oxidation sites excluding steroid dienone is 1. The van der Waals surface area contributed by atoms with Crippen LogP contribution in [-0.4, -0.2) is 10.7 Å². The van der Waals surface area contributed by atoms with E-state index in [1.807, 2.05) is 24.9 Å². The highest BCUT2D eigenvalue weighted by molar-refractivity contribution is 5.06. The first kappa shape index (κ1) is 6.12. The molecule has 3 nitrogen and oxygen atoms in total. The summed E-state index contributed by atoms with van der Waals surface area (Å²) in [6.07, 6.45) is 3.17. The highest BCUT2D eigenvalue weighted by Gasteiger charge is 2.39. The molecule has 3 heteroatoms. The molecule has 0 unspecified atom stereocenters. The van der Waals surface area contributed by atoms with E-state index < -0.39 is 0 Å². The van der Waals surface area contributed by atoms with E-state index >= 15 is 0 Å². The molecule has 1 aliphatic heterocycles. The summed E-state index contributed by atoms with van der Waals surface area (Å²) in [4.78, 5) is 0. The van der Waals surface area contributed by atoms with Gasteiger partial charge in [-0.3, -0.25) is 5.01 Å². The average Bonchev–Trinajstić information content (AvgIpc) is 2.35. The average molecular weight is 123 g/mol. The third-order valence-electron chi connectivity index (χ3n) is 1.24. The maximum absolute atomic E-state index is 8.12. The quantitative estimate of drug-likeness (QED) is 0.410. The zero-order valence-electron chi connectivity index (χ0n) is 5.55. The molecule has 1 aliphatic rings. The maximum atomic E-state index is 8.12. The summed E-state index contributed by atoms with van der Waals surface area (Å²) in [5, 5.41) is 9.99. The molecule has 48 valence electrons. The third-order valence-corrected chi connectivity index (χ3v) is 1.24. The van der Waals surface area contributed by atoms with Gasteiger partial charge in [-0.05, 0) is 13.8 Å². The molecule has 0 aliphatic carbocycles. The molecule has 0 aromatic carbocycles. The van der Waals surface area contributed by atoms with Gasteiger partial charge in [-0.2, -0.15) is 5.26 Å². The number of nitriles is 1. The SMILES string of the molecule is CC1(C)NN1C=CC#N. The number of hydrazine groups is 1. The second-order valence-electron chi connectivity index (χ2n) is 2.49. The molecular formula is C6H9N3. The fraction of sp³-hybridized carbons (Fsp3) is 0.500. The first-order valence-corrected chi connectivity index (χ1v) is 2.80. The standard InChI is InChI=1S/C6H9N3/c1-6(2)8-9(6)5-3-4-7/h3,5,8H,1-2H3. The van der Waals surface area contributed by atoms with Crippen LogP contribution in [0.3, 0.4) is 0 Å². The van der Waals surface area contributed by atoms with Gasteiger partial charge in [0.25, 0.3) is 0 Å². The second kappa shape index (κ2) is 1.74. The highest BCUT2D eigenvalue weighted by atomic mass is 15.8. The fourth-order valence-corrected chi connectivity index (χ4v) is 0.601. The van der Waals surface area contributed by atoms with Gasteiger partial charge in [0, 0.05) is 12.3 Å². The van der Waals surface area contributed by atoms with Crippen LogP contribution in [0.4, 0.5) is 0 Å². The van der Waals surface area contributed by atoms with Crippen molar-refractivity contribution >= 4 is 0 Å². The van der Waals surface area contributed by atoms with Crippen molar-refractivity contribution in [2.75, 3.05) is 0 Å². The lowest BCUT2D eigenvalue weighted by atomic mass is 10.3. The van der Waals surface area contributed by atoms with Crippen LogP contribution >= 0.6 is 0 Å². The van der Waals surface area contributed by atoms with Gasteiger partial charge in [0.1, 0.15) is 5.66 Å². The number of nitrogens with one attached hydrogen (secondary N) is 1. The van der Waals surface area contributed by atoms with Crippen molar-refractivity contribution in [2.45, 2.75) is 19.5 Å². The normalized spacial score (nSPS) is 22.1. The van der Waals surface area contributed by atoms with E-state index in [9.17, 15) is 0 Å². The van der Waals surface area contributed by atoms with Crippen molar-refractivity contribution in [3.05, 3.63) is 12.3 Å². The molecular weight excluding hydrogens is 114 g/mol. The molecule has 1 heterocycles. The molecule has 0 aromatic rings. The molecule has 0 spiro atoms. The van der Waals surface area contributed by atoms with E-state index in [1.165, 1.54) is 6.08 Å². The Morgan fingerprint density at radius 1 is 1.67 bits per heavy atom. The van der Waals surface area contributed by atoms with Crippen LogP contribution in [-0.2, 0) is 0 Å². The van der Waals surface area contributed by atoms with E-state index in [1.54, 1.807) is 6.20 Å². The summed E-state index contributed by atoms with van der Waals surface area (Å²) in [5.74, 6) is 0. The Morgan fingerprint density at radius 3 is 2.56 bits per heavy atom. The zero-order chi connectivity index (χ0) is 6.91. The molecule has 0 amide bonds. The molecule has 0 aromatic heterocycles. The molecule has 1 saturated heterocycles. The van der Waals surface area contributed by atoms with Gasteiger partial charge in [-0.1, -0.05) is 0 Å². The van der Waals surface area contributed by atoms with Gasteiger partial charge in [0.2, 0.25) is 0 Å². The molecule has 0 radical (unpaired) electrons. The summed E-state index contributed by atoms with van der Waals surface area (Å²) >= 11 is 0. The molecule has 1 fully saturated rings. The van der Waals surface area contributed by atoms with Gasteiger partial charge >= 0.3 is 0 Å². The van der Waals surface area contributed by atoms with Crippen LogP contribution in [0.2, 0.25) is 0 Å². The van der Waals surface area contributed by atoms with Crippen molar-refractivity contribution in [3.8, 4) is 6.07 Å². The van der Waals surface area contributed by atoms with Crippen molar-refractivity contribution in [1.82, 2.24) is 10.4 Å². The first-order chi connectivity index (χ1) is 4.17. The largest absolute Gasteiger partial charge is 0.292 e. The van der Waals surface area contributed by atoms with Gasteiger partial charge in [0.15, 0.2) is 0 Å². The van der Waals surface area contributed by atoms with Crippen molar-refractivity contribution in [2.24, 2.45) is 0 Å². The van der Waals surface area contributed by atoms with E-state index in [0.29, 0.717) is 0 Å². The van der Waals surface area contributed by atoms with Crippen molar-refractivity contribution < 1.29 is 0 Å². The number of rotatable bonds is 1. The van der Waals surface area contributed by atoms with E-state index in [4.69, 9.17) is 5.26 Å². The minimum atomic E-state index is 0.0628. The Bertz CT molecular complexity index is 175. The lowest BCUT2D eigenvalue weighted by molar-refractivity contribution is 0.571. The van der Waals surface area contributed by atoms with Gasteiger partial charge < -0.3 is 0 Å². The third kappa shape index (κ3) is 1.21. The minimum absolute atomic E-state index is 0.0628.